The number of pyridine rings is 1. The average Bonchev–Trinajstić information content (AvgIpc) is 3.36. The molecule has 1 saturated heterocycles. The molecule has 0 unspecified atom stereocenters. The van der Waals surface area contributed by atoms with Crippen molar-refractivity contribution in [1.29, 1.82) is 0 Å². The molecule has 10 heteroatoms. The Bertz CT molecular complexity index is 1110. The van der Waals surface area contributed by atoms with Crippen LogP contribution in [0.3, 0.4) is 0 Å². The van der Waals surface area contributed by atoms with Crippen LogP contribution in [0.2, 0.25) is 0 Å². The molecule has 0 atom stereocenters. The smallest absolute Gasteiger partial charge is 0.343 e. The molecular weight excluding hydrogens is 423 g/mol. The molecule has 4 heterocycles. The van der Waals surface area contributed by atoms with Gasteiger partial charge in [-0.05, 0) is 37.8 Å². The fourth-order valence-corrected chi connectivity index (χ4v) is 4.15. The maximum absolute atomic E-state index is 13.8. The van der Waals surface area contributed by atoms with Crippen molar-refractivity contribution in [3.63, 3.8) is 0 Å². The van der Waals surface area contributed by atoms with Gasteiger partial charge in [0.15, 0.2) is 0 Å². The van der Waals surface area contributed by atoms with Crippen LogP contribution in [-0.2, 0) is 17.5 Å². The fourth-order valence-electron chi connectivity index (χ4n) is 4.15. The van der Waals surface area contributed by atoms with Gasteiger partial charge in [-0.2, -0.15) is 18.3 Å². The van der Waals surface area contributed by atoms with Gasteiger partial charge in [0.25, 0.3) is 5.71 Å². The molecule has 32 heavy (non-hydrogen) atoms. The minimum Gasteiger partial charge on any atom is -0.343 e. The molecular formula is C22H26F3N5O2. The second-order valence-electron chi connectivity index (χ2n) is 8.62. The average molecular weight is 449 g/mol. The molecule has 0 bridgehead atoms. The first kappa shape index (κ1) is 22.3. The van der Waals surface area contributed by atoms with Crippen molar-refractivity contribution in [3.8, 4) is 0 Å². The van der Waals surface area contributed by atoms with Gasteiger partial charge in [0, 0.05) is 43.9 Å². The van der Waals surface area contributed by atoms with Gasteiger partial charge in [0.05, 0.1) is 22.3 Å². The topological polar surface area (TPSA) is 77.0 Å². The maximum Gasteiger partial charge on any atom is 0.417 e. The van der Waals surface area contributed by atoms with E-state index in [2.05, 4.69) is 15.2 Å². The number of amides is 1. The summed E-state index contributed by atoms with van der Waals surface area (Å²) in [5.41, 5.74) is 0.669. The number of aryl methyl sites for hydroxylation is 2. The summed E-state index contributed by atoms with van der Waals surface area (Å²) in [6, 6.07) is 2.98. The van der Waals surface area contributed by atoms with Crippen LogP contribution >= 0.6 is 0 Å². The van der Waals surface area contributed by atoms with Crippen molar-refractivity contribution in [2.24, 2.45) is 0 Å². The van der Waals surface area contributed by atoms with Gasteiger partial charge in [-0.25, -0.2) is 4.98 Å². The summed E-state index contributed by atoms with van der Waals surface area (Å²) < 4.78 is 48.4. The minimum absolute atomic E-state index is 0.0147. The number of alkyl halides is 3. The Morgan fingerprint density at radius 3 is 2.59 bits per heavy atom. The van der Waals surface area contributed by atoms with Gasteiger partial charge < -0.3 is 9.42 Å². The van der Waals surface area contributed by atoms with Gasteiger partial charge in [-0.15, -0.1) is 0 Å². The molecule has 3 aromatic heterocycles. The molecule has 0 aliphatic carbocycles. The summed E-state index contributed by atoms with van der Waals surface area (Å²) in [5, 5.41) is 8.21. The van der Waals surface area contributed by atoms with E-state index in [1.165, 1.54) is 0 Å². The highest BCUT2D eigenvalue weighted by molar-refractivity contribution is 5.82. The van der Waals surface area contributed by atoms with Gasteiger partial charge in [0.1, 0.15) is 0 Å². The number of nitrogens with zero attached hydrogens (tertiary/aromatic N) is 5. The number of halogens is 3. The maximum atomic E-state index is 13.8. The van der Waals surface area contributed by atoms with Crippen LogP contribution in [-0.4, -0.2) is 43.8 Å². The number of aromatic nitrogens is 4. The van der Waals surface area contributed by atoms with Gasteiger partial charge in [0.2, 0.25) is 5.91 Å². The zero-order valence-corrected chi connectivity index (χ0v) is 18.3. The van der Waals surface area contributed by atoms with Crippen LogP contribution in [0, 0.1) is 6.92 Å². The first-order chi connectivity index (χ1) is 15.1. The lowest BCUT2D eigenvalue weighted by Gasteiger charge is -2.31. The molecule has 1 aliphatic heterocycles. The highest BCUT2D eigenvalue weighted by atomic mass is 19.4. The zero-order chi connectivity index (χ0) is 23.0. The van der Waals surface area contributed by atoms with E-state index in [-0.39, 0.29) is 34.5 Å². The van der Waals surface area contributed by atoms with Gasteiger partial charge >= 0.3 is 6.18 Å². The molecule has 1 amide bonds. The number of fused-ring (bicyclic) bond motifs is 1. The first-order valence-corrected chi connectivity index (χ1v) is 10.8. The van der Waals surface area contributed by atoms with Crippen LogP contribution in [0.4, 0.5) is 13.2 Å². The molecule has 0 aromatic carbocycles. The number of hydrogen-bond acceptors (Lipinski definition) is 5. The third-order valence-corrected chi connectivity index (χ3v) is 5.95. The largest absolute Gasteiger partial charge is 0.417 e. The highest BCUT2D eigenvalue weighted by Gasteiger charge is 2.38. The van der Waals surface area contributed by atoms with Crippen molar-refractivity contribution in [3.05, 3.63) is 41.0 Å². The van der Waals surface area contributed by atoms with E-state index in [4.69, 9.17) is 4.52 Å². The molecule has 172 valence electrons. The molecule has 3 aromatic rings. The SMILES string of the molecule is Cc1ccn(CCC(=O)N2CCC(c3noc4nc(C(C)C)cc(C(F)(F)F)c34)CC2)n1. The molecule has 0 saturated carbocycles. The molecule has 4 rings (SSSR count). The number of carbonyl (C=O) groups excluding carboxylic acids is 1. The lowest BCUT2D eigenvalue weighted by molar-refractivity contribution is -0.136. The summed E-state index contributed by atoms with van der Waals surface area (Å²) in [7, 11) is 0. The number of rotatable bonds is 5. The predicted octanol–water partition coefficient (Wildman–Crippen LogP) is 4.67. The Kier molecular flexibility index (Phi) is 5.96. The van der Waals surface area contributed by atoms with Crippen molar-refractivity contribution < 1.29 is 22.5 Å². The summed E-state index contributed by atoms with van der Waals surface area (Å²) in [6.45, 7) is 6.89. The van der Waals surface area contributed by atoms with E-state index in [1.54, 1.807) is 23.4 Å². The highest BCUT2D eigenvalue weighted by Crippen LogP contribution is 2.41. The summed E-state index contributed by atoms with van der Waals surface area (Å²) in [6.07, 6.45) is -1.32. The summed E-state index contributed by atoms with van der Waals surface area (Å²) in [5.74, 6) is -0.378. The Labute approximate surface area is 183 Å². The molecule has 0 spiro atoms. The summed E-state index contributed by atoms with van der Waals surface area (Å²) >= 11 is 0. The normalized spacial score (nSPS) is 15.8. The Balaban J connectivity index is 1.48. The van der Waals surface area contributed by atoms with Crippen molar-refractivity contribution in [2.45, 2.75) is 64.6 Å². The number of carbonyl (C=O) groups is 1. The van der Waals surface area contributed by atoms with E-state index in [1.807, 2.05) is 19.2 Å². The van der Waals surface area contributed by atoms with Crippen molar-refractivity contribution in [1.82, 2.24) is 24.8 Å². The molecule has 0 radical (unpaired) electrons. The number of piperidine rings is 1. The molecule has 0 N–H and O–H groups in total. The van der Waals surface area contributed by atoms with Crippen LogP contribution in [0.5, 0.6) is 0 Å². The van der Waals surface area contributed by atoms with E-state index in [0.29, 0.717) is 44.6 Å². The van der Waals surface area contributed by atoms with E-state index < -0.39 is 11.7 Å². The van der Waals surface area contributed by atoms with E-state index in [9.17, 15) is 18.0 Å². The lowest BCUT2D eigenvalue weighted by Crippen LogP contribution is -2.38. The second kappa shape index (κ2) is 8.55. The number of hydrogen-bond donors (Lipinski definition) is 0. The molecule has 7 nitrogen and oxygen atoms in total. The van der Waals surface area contributed by atoms with Crippen LogP contribution in [0.1, 0.15) is 67.6 Å². The second-order valence-corrected chi connectivity index (χ2v) is 8.62. The molecule has 1 fully saturated rings. The van der Waals surface area contributed by atoms with E-state index in [0.717, 1.165) is 11.8 Å². The van der Waals surface area contributed by atoms with Gasteiger partial charge in [-0.1, -0.05) is 19.0 Å². The molecule has 1 aliphatic rings. The Morgan fingerprint density at radius 2 is 2.00 bits per heavy atom. The van der Waals surface area contributed by atoms with Gasteiger partial charge in [-0.3, -0.25) is 9.48 Å². The van der Waals surface area contributed by atoms with Crippen molar-refractivity contribution in [2.75, 3.05) is 13.1 Å². The Morgan fingerprint density at radius 1 is 1.28 bits per heavy atom. The lowest BCUT2D eigenvalue weighted by atomic mass is 9.90. The van der Waals surface area contributed by atoms with Crippen LogP contribution in [0.25, 0.3) is 11.1 Å². The fraction of sp³-hybridized carbons (Fsp3) is 0.545. The van der Waals surface area contributed by atoms with E-state index >= 15 is 0 Å². The third-order valence-electron chi connectivity index (χ3n) is 5.95. The van der Waals surface area contributed by atoms with Crippen LogP contribution in [0.15, 0.2) is 22.9 Å². The quantitative estimate of drug-likeness (QED) is 0.566. The Hall–Kier alpha value is -2.91. The monoisotopic (exact) mass is 449 g/mol. The van der Waals surface area contributed by atoms with Crippen LogP contribution < -0.4 is 0 Å². The predicted molar refractivity (Wildman–Crippen MR) is 111 cm³/mol. The van der Waals surface area contributed by atoms with Crippen molar-refractivity contribution >= 4 is 17.0 Å². The number of likely N-dealkylation sites (tertiary alicyclic amines) is 1. The minimum atomic E-state index is -4.54. The summed E-state index contributed by atoms with van der Waals surface area (Å²) in [4.78, 5) is 18.6. The third kappa shape index (κ3) is 4.49. The standard InChI is InChI=1S/C22H26F3N5O2/c1-13(2)17-12-16(22(23,24)25)19-20(28-32-21(19)26-17)15-5-8-29(9-6-15)18(31)7-11-30-10-4-14(3)27-30/h4,10,12-13,15H,5-9,11H2,1-3H3. The first-order valence-electron chi connectivity index (χ1n) is 10.8. The zero-order valence-electron chi connectivity index (χ0n) is 18.3.